The monoisotopic (exact) mass is 279 g/mol. The number of nitrogens with one attached hydrogen (secondary N) is 1. The number of aryl methyl sites for hydroxylation is 1. The van der Waals surface area contributed by atoms with Gasteiger partial charge < -0.3 is 5.32 Å². The molecule has 1 N–H and O–H groups in total. The first-order valence-electron chi connectivity index (χ1n) is 8.18. The van der Waals surface area contributed by atoms with Crippen LogP contribution in [0.25, 0.3) is 0 Å². The maximum absolute atomic E-state index is 3.84. The highest BCUT2D eigenvalue weighted by molar-refractivity contribution is 5.36. The Bertz CT molecular complexity index is 555. The van der Waals surface area contributed by atoms with E-state index in [0.717, 1.165) is 12.5 Å². The zero-order chi connectivity index (χ0) is 14.5. The van der Waals surface area contributed by atoms with Gasteiger partial charge in [0.1, 0.15) is 0 Å². The summed E-state index contributed by atoms with van der Waals surface area (Å²) in [5, 5.41) is 3.84. The summed E-state index contributed by atoms with van der Waals surface area (Å²) >= 11 is 0. The van der Waals surface area contributed by atoms with Crippen LogP contribution in [0.2, 0.25) is 0 Å². The van der Waals surface area contributed by atoms with E-state index in [-0.39, 0.29) is 0 Å². The fraction of sp³-hybridized carbons (Fsp3) is 0.400. The third-order valence-electron chi connectivity index (χ3n) is 4.72. The number of hydrogen-bond acceptors (Lipinski definition) is 1. The van der Waals surface area contributed by atoms with Crippen LogP contribution in [-0.2, 0) is 0 Å². The quantitative estimate of drug-likeness (QED) is 0.824. The van der Waals surface area contributed by atoms with Crippen LogP contribution in [0.1, 0.15) is 48.4 Å². The molecule has 0 amide bonds. The minimum absolute atomic E-state index is 0.313. The second-order valence-corrected chi connectivity index (χ2v) is 6.26. The van der Waals surface area contributed by atoms with E-state index in [9.17, 15) is 0 Å². The van der Waals surface area contributed by atoms with Crippen molar-refractivity contribution in [2.45, 2.75) is 38.6 Å². The molecule has 110 valence electrons. The van der Waals surface area contributed by atoms with Crippen molar-refractivity contribution in [3.05, 3.63) is 71.3 Å². The van der Waals surface area contributed by atoms with Gasteiger partial charge in [0.25, 0.3) is 0 Å². The highest BCUT2D eigenvalue weighted by atomic mass is 14.9. The number of benzene rings is 2. The van der Waals surface area contributed by atoms with Crippen LogP contribution in [-0.4, -0.2) is 6.54 Å². The summed E-state index contributed by atoms with van der Waals surface area (Å²) in [5.74, 6) is 0.861. The fourth-order valence-corrected chi connectivity index (χ4v) is 3.46. The summed E-state index contributed by atoms with van der Waals surface area (Å²) in [6, 6.07) is 19.9. The molecule has 0 spiro atoms. The van der Waals surface area contributed by atoms with Crippen molar-refractivity contribution in [1.82, 2.24) is 5.32 Å². The number of rotatable bonds is 5. The van der Waals surface area contributed by atoms with Gasteiger partial charge in [-0.05, 0) is 48.9 Å². The molecule has 1 fully saturated rings. The minimum atomic E-state index is 0.313. The molecule has 0 radical (unpaired) electrons. The third-order valence-corrected chi connectivity index (χ3v) is 4.72. The molecule has 1 aliphatic rings. The molecule has 0 aliphatic heterocycles. The van der Waals surface area contributed by atoms with Crippen molar-refractivity contribution in [1.29, 1.82) is 0 Å². The van der Waals surface area contributed by atoms with Gasteiger partial charge in [-0.25, -0.2) is 0 Å². The lowest BCUT2D eigenvalue weighted by Gasteiger charge is -2.23. The van der Waals surface area contributed by atoms with E-state index in [4.69, 9.17) is 0 Å². The van der Waals surface area contributed by atoms with Gasteiger partial charge in [0, 0.05) is 0 Å². The van der Waals surface area contributed by atoms with Crippen LogP contribution in [0.3, 0.4) is 0 Å². The molecule has 21 heavy (non-hydrogen) atoms. The first kappa shape index (κ1) is 14.3. The highest BCUT2D eigenvalue weighted by Gasteiger charge is 2.19. The van der Waals surface area contributed by atoms with E-state index in [1.807, 2.05) is 0 Å². The molecule has 0 saturated heterocycles. The third kappa shape index (κ3) is 3.54. The Kier molecular flexibility index (Phi) is 4.72. The van der Waals surface area contributed by atoms with Crippen molar-refractivity contribution in [3.8, 4) is 0 Å². The van der Waals surface area contributed by atoms with Gasteiger partial charge in [0.15, 0.2) is 0 Å². The summed E-state index contributed by atoms with van der Waals surface area (Å²) in [7, 11) is 0. The predicted octanol–water partition coefficient (Wildman–Crippen LogP) is 4.86. The molecule has 2 aromatic rings. The summed E-state index contributed by atoms with van der Waals surface area (Å²) in [6.07, 6.45) is 5.60. The summed E-state index contributed by atoms with van der Waals surface area (Å²) in [6.45, 7) is 3.34. The Labute approximate surface area is 128 Å². The Morgan fingerprint density at radius 1 is 0.952 bits per heavy atom. The van der Waals surface area contributed by atoms with Crippen molar-refractivity contribution < 1.29 is 0 Å². The molecule has 1 heteroatoms. The van der Waals surface area contributed by atoms with E-state index in [1.54, 1.807) is 0 Å². The van der Waals surface area contributed by atoms with Gasteiger partial charge in [-0.3, -0.25) is 0 Å². The van der Waals surface area contributed by atoms with Crippen molar-refractivity contribution in [2.75, 3.05) is 6.54 Å². The van der Waals surface area contributed by atoms with Gasteiger partial charge in [0.05, 0.1) is 6.04 Å². The lowest BCUT2D eigenvalue weighted by atomic mass is 9.94. The van der Waals surface area contributed by atoms with Gasteiger partial charge in [-0.15, -0.1) is 0 Å². The van der Waals surface area contributed by atoms with E-state index < -0.39 is 0 Å². The molecule has 3 rings (SSSR count). The van der Waals surface area contributed by atoms with Gasteiger partial charge in [0.2, 0.25) is 0 Å². The second-order valence-electron chi connectivity index (χ2n) is 6.26. The van der Waals surface area contributed by atoms with Crippen molar-refractivity contribution in [3.63, 3.8) is 0 Å². The van der Waals surface area contributed by atoms with E-state index in [2.05, 4.69) is 66.8 Å². The lowest BCUT2D eigenvalue weighted by Crippen LogP contribution is -2.27. The van der Waals surface area contributed by atoms with Gasteiger partial charge in [-0.2, -0.15) is 0 Å². The molecule has 0 heterocycles. The number of hydrogen-bond donors (Lipinski definition) is 1. The van der Waals surface area contributed by atoms with Crippen LogP contribution in [0, 0.1) is 12.8 Å². The Morgan fingerprint density at radius 2 is 1.62 bits per heavy atom. The maximum atomic E-state index is 3.84. The normalized spacial score (nSPS) is 17.0. The van der Waals surface area contributed by atoms with Gasteiger partial charge in [-0.1, -0.05) is 67.4 Å². The predicted molar refractivity (Wildman–Crippen MR) is 89.4 cm³/mol. The smallest absolute Gasteiger partial charge is 0.0579 e. The van der Waals surface area contributed by atoms with Crippen LogP contribution in [0.4, 0.5) is 0 Å². The minimum Gasteiger partial charge on any atom is -0.306 e. The maximum Gasteiger partial charge on any atom is 0.0579 e. The largest absolute Gasteiger partial charge is 0.306 e. The molecule has 1 aliphatic carbocycles. The molecule has 2 aromatic carbocycles. The van der Waals surface area contributed by atoms with Crippen LogP contribution >= 0.6 is 0 Å². The summed E-state index contributed by atoms with van der Waals surface area (Å²) < 4.78 is 0. The van der Waals surface area contributed by atoms with E-state index in [1.165, 1.54) is 42.4 Å². The summed E-state index contributed by atoms with van der Waals surface area (Å²) in [4.78, 5) is 0. The lowest BCUT2D eigenvalue weighted by molar-refractivity contribution is 0.463. The van der Waals surface area contributed by atoms with Crippen LogP contribution in [0.5, 0.6) is 0 Å². The second kappa shape index (κ2) is 6.91. The Morgan fingerprint density at radius 3 is 2.33 bits per heavy atom. The first-order chi connectivity index (χ1) is 10.3. The fourth-order valence-electron chi connectivity index (χ4n) is 3.46. The molecular formula is C20H25N. The zero-order valence-electron chi connectivity index (χ0n) is 12.9. The zero-order valence-corrected chi connectivity index (χ0v) is 12.9. The molecule has 0 bridgehead atoms. The summed E-state index contributed by atoms with van der Waals surface area (Å²) in [5.41, 5.74) is 4.14. The van der Waals surface area contributed by atoms with Crippen molar-refractivity contribution in [2.24, 2.45) is 5.92 Å². The van der Waals surface area contributed by atoms with Gasteiger partial charge >= 0.3 is 0 Å². The molecule has 1 atom stereocenters. The van der Waals surface area contributed by atoms with Crippen molar-refractivity contribution >= 4 is 0 Å². The Balaban J connectivity index is 1.82. The SMILES string of the molecule is Cc1ccccc1C(NCC1CCCC1)c1ccccc1. The van der Waals surface area contributed by atoms with E-state index in [0.29, 0.717) is 6.04 Å². The average Bonchev–Trinajstić information content (AvgIpc) is 3.04. The van der Waals surface area contributed by atoms with E-state index >= 15 is 0 Å². The molecule has 1 nitrogen and oxygen atoms in total. The Hall–Kier alpha value is -1.60. The molecule has 1 saturated carbocycles. The van der Waals surface area contributed by atoms with Crippen LogP contribution in [0.15, 0.2) is 54.6 Å². The average molecular weight is 279 g/mol. The highest BCUT2D eigenvalue weighted by Crippen LogP contribution is 2.28. The standard InChI is InChI=1S/C20H25N/c1-16-9-5-8-14-19(16)20(18-12-3-2-4-13-18)21-15-17-10-6-7-11-17/h2-5,8-9,12-14,17,20-21H,6-7,10-11,15H2,1H3. The first-order valence-corrected chi connectivity index (χ1v) is 8.18. The molecular weight excluding hydrogens is 254 g/mol. The van der Waals surface area contributed by atoms with Crippen LogP contribution < -0.4 is 5.32 Å². The topological polar surface area (TPSA) is 12.0 Å². The molecule has 1 unspecified atom stereocenters. The molecule has 0 aromatic heterocycles.